The van der Waals surface area contributed by atoms with Crippen molar-refractivity contribution in [3.8, 4) is 0 Å². The summed E-state index contributed by atoms with van der Waals surface area (Å²) in [6.45, 7) is 5.47. The first-order valence-corrected chi connectivity index (χ1v) is 11.1. The van der Waals surface area contributed by atoms with Crippen LogP contribution in [0.2, 0.25) is 0 Å². The molecular formula is C23H25BrN4O4. The summed E-state index contributed by atoms with van der Waals surface area (Å²) in [4.78, 5) is 41.1. The molecule has 3 aliphatic carbocycles. The summed E-state index contributed by atoms with van der Waals surface area (Å²) < 4.78 is 5.89. The Morgan fingerprint density at radius 3 is 2.16 bits per heavy atom. The number of aromatic nitrogens is 1. The van der Waals surface area contributed by atoms with Gasteiger partial charge in [-0.3, -0.25) is 9.59 Å². The van der Waals surface area contributed by atoms with Gasteiger partial charge in [-0.15, -0.1) is 0 Å². The number of pyridine rings is 1. The molecule has 0 unspecified atom stereocenters. The van der Waals surface area contributed by atoms with E-state index in [1.807, 2.05) is 20.8 Å². The van der Waals surface area contributed by atoms with Crippen LogP contribution in [0.4, 0.5) is 10.5 Å². The molecule has 3 saturated carbocycles. The van der Waals surface area contributed by atoms with Crippen molar-refractivity contribution >= 4 is 39.5 Å². The molecule has 2 bridgehead atoms. The number of benzene rings is 1. The Kier molecular flexibility index (Phi) is 5.48. The summed E-state index contributed by atoms with van der Waals surface area (Å²) >= 11 is 3.24. The lowest BCUT2D eigenvalue weighted by atomic mass is 9.44. The minimum Gasteiger partial charge on any atom is -0.444 e. The van der Waals surface area contributed by atoms with Gasteiger partial charge in [0.15, 0.2) is 0 Å². The fraction of sp³-hybridized carbons (Fsp3) is 0.391. The molecule has 168 valence electrons. The summed E-state index contributed by atoms with van der Waals surface area (Å²) in [6, 6.07) is 11.8. The van der Waals surface area contributed by atoms with E-state index in [1.165, 1.54) is 0 Å². The molecular weight excluding hydrogens is 476 g/mol. The summed E-state index contributed by atoms with van der Waals surface area (Å²) in [5.41, 5.74) is 0.274. The van der Waals surface area contributed by atoms with Crippen molar-refractivity contribution in [1.29, 1.82) is 0 Å². The molecule has 1 aromatic carbocycles. The van der Waals surface area contributed by atoms with Crippen molar-refractivity contribution in [1.82, 2.24) is 15.6 Å². The van der Waals surface area contributed by atoms with Crippen molar-refractivity contribution in [2.45, 2.75) is 56.7 Å². The fourth-order valence-corrected chi connectivity index (χ4v) is 4.66. The van der Waals surface area contributed by atoms with E-state index in [9.17, 15) is 14.4 Å². The van der Waals surface area contributed by atoms with Crippen LogP contribution in [0.1, 0.15) is 60.9 Å². The van der Waals surface area contributed by atoms with Gasteiger partial charge in [0.1, 0.15) is 15.9 Å². The minimum atomic E-state index is -0.542. The van der Waals surface area contributed by atoms with Crippen LogP contribution >= 0.6 is 15.9 Å². The van der Waals surface area contributed by atoms with E-state index in [2.05, 4.69) is 36.9 Å². The van der Waals surface area contributed by atoms with E-state index < -0.39 is 11.7 Å². The Balaban J connectivity index is 1.28. The van der Waals surface area contributed by atoms with Gasteiger partial charge in [0.2, 0.25) is 0 Å². The van der Waals surface area contributed by atoms with Crippen molar-refractivity contribution in [3.05, 3.63) is 58.3 Å². The number of alkyl carbamates (subject to hydrolysis) is 1. The SMILES string of the molecule is CC(C)(C)OC(=O)NC12CC(NC(=O)c3ccc(NC(=O)c4cccc(Br)n4)cc3)(C1)C2. The zero-order chi connectivity index (χ0) is 23.1. The third-order valence-corrected chi connectivity index (χ3v) is 5.97. The summed E-state index contributed by atoms with van der Waals surface area (Å²) in [5.74, 6) is -0.512. The highest BCUT2D eigenvalue weighted by Crippen LogP contribution is 2.60. The topological polar surface area (TPSA) is 109 Å². The van der Waals surface area contributed by atoms with E-state index in [0.717, 1.165) is 0 Å². The maximum Gasteiger partial charge on any atom is 0.408 e. The van der Waals surface area contributed by atoms with Gasteiger partial charge in [-0.25, -0.2) is 9.78 Å². The van der Waals surface area contributed by atoms with Crippen LogP contribution in [0.15, 0.2) is 47.1 Å². The quantitative estimate of drug-likeness (QED) is 0.537. The second kappa shape index (κ2) is 7.88. The summed E-state index contributed by atoms with van der Waals surface area (Å²) in [6.07, 6.45) is 1.66. The highest BCUT2D eigenvalue weighted by molar-refractivity contribution is 9.10. The predicted octanol–water partition coefficient (Wildman–Crippen LogP) is 4.03. The molecule has 0 atom stereocenters. The molecule has 2 aromatic rings. The Labute approximate surface area is 194 Å². The van der Waals surface area contributed by atoms with E-state index >= 15 is 0 Å². The molecule has 0 saturated heterocycles. The fourth-order valence-electron chi connectivity index (χ4n) is 4.32. The molecule has 3 amide bonds. The number of ether oxygens (including phenoxy) is 1. The largest absolute Gasteiger partial charge is 0.444 e. The second-order valence-electron chi connectivity index (χ2n) is 9.55. The number of hydrogen-bond donors (Lipinski definition) is 3. The first-order chi connectivity index (χ1) is 15.0. The van der Waals surface area contributed by atoms with Gasteiger partial charge in [0.05, 0.1) is 5.54 Å². The Hall–Kier alpha value is -2.94. The number of amides is 3. The predicted molar refractivity (Wildman–Crippen MR) is 122 cm³/mol. The monoisotopic (exact) mass is 500 g/mol. The average Bonchev–Trinajstić information content (AvgIpc) is 2.64. The molecule has 5 rings (SSSR count). The Morgan fingerprint density at radius 1 is 0.938 bits per heavy atom. The molecule has 3 fully saturated rings. The number of carbonyl (C=O) groups excluding carboxylic acids is 3. The summed E-state index contributed by atoms with van der Waals surface area (Å²) in [5, 5.41) is 8.78. The Morgan fingerprint density at radius 2 is 1.56 bits per heavy atom. The molecule has 0 spiro atoms. The van der Waals surface area contributed by atoms with Gasteiger partial charge in [0.25, 0.3) is 11.8 Å². The number of rotatable bonds is 5. The maximum atomic E-state index is 12.7. The van der Waals surface area contributed by atoms with Crippen LogP contribution in [0, 0.1) is 0 Å². The molecule has 3 N–H and O–H groups in total. The third kappa shape index (κ3) is 4.77. The highest BCUT2D eigenvalue weighted by Gasteiger charge is 2.69. The van der Waals surface area contributed by atoms with Gasteiger partial charge >= 0.3 is 6.09 Å². The minimum absolute atomic E-state index is 0.179. The van der Waals surface area contributed by atoms with Gasteiger partial charge in [-0.05, 0) is 92.4 Å². The lowest BCUT2D eigenvalue weighted by molar-refractivity contribution is -0.0969. The molecule has 32 heavy (non-hydrogen) atoms. The normalized spacial score (nSPS) is 23.2. The average molecular weight is 501 g/mol. The van der Waals surface area contributed by atoms with Gasteiger partial charge in [-0.1, -0.05) is 6.07 Å². The third-order valence-electron chi connectivity index (χ3n) is 5.53. The number of nitrogens with zero attached hydrogens (tertiary/aromatic N) is 1. The van der Waals surface area contributed by atoms with E-state index in [4.69, 9.17) is 4.74 Å². The van der Waals surface area contributed by atoms with Crippen LogP contribution in [0.25, 0.3) is 0 Å². The van der Waals surface area contributed by atoms with Crippen LogP contribution < -0.4 is 16.0 Å². The molecule has 3 aliphatic rings. The summed E-state index contributed by atoms with van der Waals surface area (Å²) in [7, 11) is 0. The lowest BCUT2D eigenvalue weighted by Crippen LogP contribution is -2.83. The zero-order valence-corrected chi connectivity index (χ0v) is 19.7. The van der Waals surface area contributed by atoms with Crippen LogP contribution in [0.3, 0.4) is 0 Å². The van der Waals surface area contributed by atoms with Crippen molar-refractivity contribution < 1.29 is 19.1 Å². The number of halogens is 1. The standard InChI is InChI=1S/C23H25BrN4O4/c1-21(2,3)32-20(31)28-23-11-22(12-23,13-23)27-18(29)14-7-9-15(10-8-14)25-19(30)16-5-4-6-17(24)26-16/h4-10H,11-13H2,1-3H3,(H,25,30)(H,27,29)(H,28,31). The van der Waals surface area contributed by atoms with E-state index in [-0.39, 0.29) is 22.9 Å². The Bertz CT molecular complexity index is 1060. The maximum absolute atomic E-state index is 12.7. The smallest absolute Gasteiger partial charge is 0.408 e. The highest BCUT2D eigenvalue weighted by atomic mass is 79.9. The lowest BCUT2D eigenvalue weighted by Gasteiger charge is -2.70. The molecule has 0 radical (unpaired) electrons. The molecule has 0 aliphatic heterocycles. The first-order valence-electron chi connectivity index (χ1n) is 10.3. The number of carbonyl (C=O) groups is 3. The van der Waals surface area contributed by atoms with Crippen molar-refractivity contribution in [2.24, 2.45) is 0 Å². The molecule has 9 heteroatoms. The van der Waals surface area contributed by atoms with Gasteiger partial charge < -0.3 is 20.7 Å². The zero-order valence-electron chi connectivity index (χ0n) is 18.1. The van der Waals surface area contributed by atoms with E-state index in [1.54, 1.807) is 42.5 Å². The van der Waals surface area contributed by atoms with Gasteiger partial charge in [0, 0.05) is 16.8 Å². The molecule has 8 nitrogen and oxygen atoms in total. The van der Waals surface area contributed by atoms with Gasteiger partial charge in [-0.2, -0.15) is 0 Å². The second-order valence-corrected chi connectivity index (χ2v) is 10.4. The molecule has 1 aromatic heterocycles. The van der Waals surface area contributed by atoms with Crippen molar-refractivity contribution in [2.75, 3.05) is 5.32 Å². The number of hydrogen-bond acceptors (Lipinski definition) is 5. The first kappa shape index (κ1) is 22.3. The van der Waals surface area contributed by atoms with Crippen LogP contribution in [-0.4, -0.2) is 39.6 Å². The number of anilines is 1. The van der Waals surface area contributed by atoms with Crippen LogP contribution in [0.5, 0.6) is 0 Å². The van der Waals surface area contributed by atoms with Crippen molar-refractivity contribution in [3.63, 3.8) is 0 Å². The number of nitrogens with one attached hydrogen (secondary N) is 3. The van der Waals surface area contributed by atoms with Crippen LogP contribution in [-0.2, 0) is 4.74 Å². The van der Waals surface area contributed by atoms with E-state index in [0.29, 0.717) is 40.8 Å². The molecule has 1 heterocycles.